The molecule has 7 nitrogen and oxygen atoms in total. The zero-order valence-electron chi connectivity index (χ0n) is 14.0. The van der Waals surface area contributed by atoms with Crippen LogP contribution in [0.4, 0.5) is 11.4 Å². The second-order valence-electron chi connectivity index (χ2n) is 6.38. The zero-order chi connectivity index (χ0) is 17.7. The Hall–Kier alpha value is -2.41. The molecule has 5 N–H and O–H groups in total. The number of anilines is 2. The van der Waals surface area contributed by atoms with Gasteiger partial charge in [0, 0.05) is 17.3 Å². The molecular weight excluding hydrogens is 308 g/mol. The first-order chi connectivity index (χ1) is 11.4. The Morgan fingerprint density at radius 2 is 1.79 bits per heavy atom. The molecule has 0 heterocycles. The molecule has 0 aliphatic heterocycles. The van der Waals surface area contributed by atoms with Crippen molar-refractivity contribution in [1.29, 1.82) is 0 Å². The lowest BCUT2D eigenvalue weighted by molar-refractivity contribution is -0.125. The monoisotopic (exact) mass is 332 g/mol. The van der Waals surface area contributed by atoms with Crippen LogP contribution < -0.4 is 21.7 Å². The minimum Gasteiger partial charge on any atom is -0.346 e. The van der Waals surface area contributed by atoms with Crippen LogP contribution in [-0.4, -0.2) is 30.3 Å². The van der Waals surface area contributed by atoms with Gasteiger partial charge in [0.2, 0.25) is 17.7 Å². The number of carbonyl (C=O) groups is 3. The summed E-state index contributed by atoms with van der Waals surface area (Å²) in [5, 5.41) is 8.00. The highest BCUT2D eigenvalue weighted by Gasteiger charge is 2.29. The molecule has 3 amide bonds. The maximum absolute atomic E-state index is 11.9. The molecule has 0 radical (unpaired) electrons. The van der Waals surface area contributed by atoms with Crippen molar-refractivity contribution in [1.82, 2.24) is 5.32 Å². The highest BCUT2D eigenvalue weighted by atomic mass is 16.2. The molecule has 7 heteroatoms. The second kappa shape index (κ2) is 7.92. The molecule has 0 bridgehead atoms. The number of rotatable bonds is 7. The minimum atomic E-state index is -0.640. The van der Waals surface area contributed by atoms with Gasteiger partial charge in [-0.05, 0) is 37.0 Å². The third kappa shape index (κ3) is 5.34. The lowest BCUT2D eigenvalue weighted by atomic mass is 10.1. The molecule has 1 aliphatic rings. The van der Waals surface area contributed by atoms with Crippen molar-refractivity contribution in [3.05, 3.63) is 24.3 Å². The lowest BCUT2D eigenvalue weighted by Crippen LogP contribution is -2.46. The maximum atomic E-state index is 11.9. The van der Waals surface area contributed by atoms with Gasteiger partial charge in [0.05, 0.1) is 12.6 Å². The number of hydrogen-bond acceptors (Lipinski definition) is 4. The van der Waals surface area contributed by atoms with Crippen LogP contribution >= 0.6 is 0 Å². The van der Waals surface area contributed by atoms with Gasteiger partial charge in [0.1, 0.15) is 0 Å². The van der Waals surface area contributed by atoms with E-state index in [0.29, 0.717) is 11.4 Å². The highest BCUT2D eigenvalue weighted by Crippen LogP contribution is 2.30. The summed E-state index contributed by atoms with van der Waals surface area (Å²) in [6.45, 7) is 3.52. The predicted molar refractivity (Wildman–Crippen MR) is 92.2 cm³/mol. The SMILES string of the molecule is CC(C)[C@H](N)C(=O)NCC(=O)Nc1cccc(NC(=O)C2CC2)c1. The van der Waals surface area contributed by atoms with Gasteiger partial charge in [0.25, 0.3) is 0 Å². The van der Waals surface area contributed by atoms with E-state index in [0.717, 1.165) is 12.8 Å². The average Bonchev–Trinajstić information content (AvgIpc) is 3.37. The largest absolute Gasteiger partial charge is 0.346 e. The summed E-state index contributed by atoms with van der Waals surface area (Å²) < 4.78 is 0. The lowest BCUT2D eigenvalue weighted by Gasteiger charge is -2.15. The fourth-order valence-electron chi connectivity index (χ4n) is 2.06. The Balaban J connectivity index is 1.83. The van der Waals surface area contributed by atoms with E-state index in [-0.39, 0.29) is 36.1 Å². The molecule has 0 unspecified atom stereocenters. The molecule has 1 saturated carbocycles. The van der Waals surface area contributed by atoms with E-state index < -0.39 is 6.04 Å². The van der Waals surface area contributed by atoms with Crippen LogP contribution in [-0.2, 0) is 14.4 Å². The molecule has 1 fully saturated rings. The molecule has 0 saturated heterocycles. The van der Waals surface area contributed by atoms with Gasteiger partial charge >= 0.3 is 0 Å². The fraction of sp³-hybridized carbons (Fsp3) is 0.471. The summed E-state index contributed by atoms with van der Waals surface area (Å²) >= 11 is 0. The Kier molecular flexibility index (Phi) is 5.92. The molecule has 1 atom stereocenters. The van der Waals surface area contributed by atoms with E-state index >= 15 is 0 Å². The zero-order valence-corrected chi connectivity index (χ0v) is 14.0. The molecule has 24 heavy (non-hydrogen) atoms. The summed E-state index contributed by atoms with van der Waals surface area (Å²) in [5.74, 6) is -0.590. The molecule has 0 aromatic heterocycles. The smallest absolute Gasteiger partial charge is 0.243 e. The van der Waals surface area contributed by atoms with Gasteiger partial charge in [-0.2, -0.15) is 0 Å². The van der Waals surface area contributed by atoms with Crippen LogP contribution in [0, 0.1) is 11.8 Å². The molecule has 1 aromatic rings. The average molecular weight is 332 g/mol. The van der Waals surface area contributed by atoms with Crippen molar-refractivity contribution in [2.75, 3.05) is 17.2 Å². The van der Waals surface area contributed by atoms with Crippen LogP contribution in [0.25, 0.3) is 0 Å². The number of hydrogen-bond donors (Lipinski definition) is 4. The minimum absolute atomic E-state index is 0.000165. The summed E-state index contributed by atoms with van der Waals surface area (Å²) in [5.41, 5.74) is 6.90. The number of benzene rings is 1. The van der Waals surface area contributed by atoms with Gasteiger partial charge in [-0.25, -0.2) is 0 Å². The highest BCUT2D eigenvalue weighted by molar-refractivity contribution is 5.97. The van der Waals surface area contributed by atoms with Gasteiger partial charge in [-0.1, -0.05) is 19.9 Å². The molecular formula is C17H24N4O3. The Morgan fingerprint density at radius 1 is 1.17 bits per heavy atom. The first-order valence-electron chi connectivity index (χ1n) is 8.11. The van der Waals surface area contributed by atoms with E-state index in [2.05, 4.69) is 16.0 Å². The first-order valence-corrected chi connectivity index (χ1v) is 8.11. The van der Waals surface area contributed by atoms with E-state index in [4.69, 9.17) is 5.73 Å². The third-order valence-electron chi connectivity index (χ3n) is 3.81. The van der Waals surface area contributed by atoms with E-state index in [9.17, 15) is 14.4 Å². The van der Waals surface area contributed by atoms with E-state index in [1.54, 1.807) is 24.3 Å². The third-order valence-corrected chi connectivity index (χ3v) is 3.81. The molecule has 0 spiro atoms. The van der Waals surface area contributed by atoms with Gasteiger partial charge < -0.3 is 21.7 Å². The number of nitrogens with one attached hydrogen (secondary N) is 3. The van der Waals surface area contributed by atoms with Gasteiger partial charge in [-0.3, -0.25) is 14.4 Å². The molecule has 1 aliphatic carbocycles. The van der Waals surface area contributed by atoms with Crippen molar-refractivity contribution in [2.45, 2.75) is 32.7 Å². The predicted octanol–water partition coefficient (Wildman–Crippen LogP) is 1.07. The molecule has 1 aromatic carbocycles. The number of carbonyl (C=O) groups excluding carboxylic acids is 3. The van der Waals surface area contributed by atoms with Crippen LogP contribution in [0.1, 0.15) is 26.7 Å². The quantitative estimate of drug-likeness (QED) is 0.598. The molecule has 2 rings (SSSR count). The van der Waals surface area contributed by atoms with Crippen molar-refractivity contribution in [3.8, 4) is 0 Å². The molecule has 130 valence electrons. The Morgan fingerprint density at radius 3 is 2.38 bits per heavy atom. The van der Waals surface area contributed by atoms with E-state index in [1.807, 2.05) is 13.8 Å². The van der Waals surface area contributed by atoms with Crippen molar-refractivity contribution < 1.29 is 14.4 Å². The Labute approximate surface area is 141 Å². The summed E-state index contributed by atoms with van der Waals surface area (Å²) in [6.07, 6.45) is 1.86. The van der Waals surface area contributed by atoms with Crippen LogP contribution in [0.5, 0.6) is 0 Å². The fourth-order valence-corrected chi connectivity index (χ4v) is 2.06. The second-order valence-corrected chi connectivity index (χ2v) is 6.38. The van der Waals surface area contributed by atoms with Crippen molar-refractivity contribution in [2.24, 2.45) is 17.6 Å². The van der Waals surface area contributed by atoms with Crippen LogP contribution in [0.2, 0.25) is 0 Å². The number of amides is 3. The van der Waals surface area contributed by atoms with Crippen LogP contribution in [0.15, 0.2) is 24.3 Å². The van der Waals surface area contributed by atoms with Crippen LogP contribution in [0.3, 0.4) is 0 Å². The summed E-state index contributed by atoms with van der Waals surface area (Å²) in [7, 11) is 0. The van der Waals surface area contributed by atoms with Gasteiger partial charge in [0.15, 0.2) is 0 Å². The normalized spacial score (nSPS) is 14.8. The number of nitrogens with two attached hydrogens (primary N) is 1. The van der Waals surface area contributed by atoms with Crippen molar-refractivity contribution in [3.63, 3.8) is 0 Å². The summed E-state index contributed by atoms with van der Waals surface area (Å²) in [6, 6.07) is 6.26. The van der Waals surface area contributed by atoms with Gasteiger partial charge in [-0.15, -0.1) is 0 Å². The standard InChI is InChI=1S/C17H24N4O3/c1-10(2)15(18)17(24)19-9-14(22)20-12-4-3-5-13(8-12)21-16(23)11-6-7-11/h3-5,8,10-11,15H,6-7,9,18H2,1-2H3,(H,19,24)(H,20,22)(H,21,23)/t15-/m0/s1. The Bertz CT molecular complexity index is 626. The first kappa shape index (κ1) is 17.9. The van der Waals surface area contributed by atoms with Crippen molar-refractivity contribution >= 4 is 29.1 Å². The summed E-state index contributed by atoms with van der Waals surface area (Å²) in [4.78, 5) is 35.4. The topological polar surface area (TPSA) is 113 Å². The maximum Gasteiger partial charge on any atom is 0.243 e. The van der Waals surface area contributed by atoms with E-state index in [1.165, 1.54) is 0 Å².